The summed E-state index contributed by atoms with van der Waals surface area (Å²) in [6.07, 6.45) is 1.96. The molecule has 1 aromatic rings. The van der Waals surface area contributed by atoms with Crippen molar-refractivity contribution in [2.75, 3.05) is 6.61 Å². The van der Waals surface area contributed by atoms with Crippen LogP contribution in [0.25, 0.3) is 0 Å². The third kappa shape index (κ3) is 2.67. The molecule has 3 unspecified atom stereocenters. The van der Waals surface area contributed by atoms with E-state index in [4.69, 9.17) is 22.2 Å². The predicted molar refractivity (Wildman–Crippen MR) is 69.6 cm³/mol. The fourth-order valence-corrected chi connectivity index (χ4v) is 2.90. The Morgan fingerprint density at radius 3 is 3.06 bits per heavy atom. The molecule has 0 spiro atoms. The molecule has 1 aliphatic heterocycles. The third-order valence-electron chi connectivity index (χ3n) is 3.56. The molecule has 1 heterocycles. The molecule has 1 fully saturated rings. The summed E-state index contributed by atoms with van der Waals surface area (Å²) in [5, 5.41) is 0.529. The van der Waals surface area contributed by atoms with Crippen molar-refractivity contribution in [1.29, 1.82) is 0 Å². The molecule has 3 N–H and O–H groups in total. The SMILES string of the molecule is CCC1OCCC1C(NN)c1cc(F)ccc1Cl. The van der Waals surface area contributed by atoms with Gasteiger partial charge in [-0.1, -0.05) is 18.5 Å². The normalized spacial score (nSPS) is 25.3. The molecule has 3 atom stereocenters. The highest BCUT2D eigenvalue weighted by Gasteiger charge is 2.35. The first kappa shape index (κ1) is 13.7. The first-order valence-electron chi connectivity index (χ1n) is 6.20. The van der Waals surface area contributed by atoms with Gasteiger partial charge in [-0.15, -0.1) is 0 Å². The van der Waals surface area contributed by atoms with Crippen LogP contribution in [0.1, 0.15) is 31.4 Å². The van der Waals surface area contributed by atoms with E-state index in [0.717, 1.165) is 12.8 Å². The molecule has 0 bridgehead atoms. The van der Waals surface area contributed by atoms with Crippen LogP contribution in [0, 0.1) is 11.7 Å². The molecule has 1 aliphatic rings. The van der Waals surface area contributed by atoms with Gasteiger partial charge in [0.05, 0.1) is 12.1 Å². The van der Waals surface area contributed by atoms with E-state index in [9.17, 15) is 4.39 Å². The zero-order valence-corrected chi connectivity index (χ0v) is 11.1. The molecule has 2 rings (SSSR count). The van der Waals surface area contributed by atoms with Gasteiger partial charge in [-0.3, -0.25) is 11.3 Å². The quantitative estimate of drug-likeness (QED) is 0.654. The van der Waals surface area contributed by atoms with E-state index in [1.54, 1.807) is 6.07 Å². The van der Waals surface area contributed by atoms with E-state index < -0.39 is 0 Å². The topological polar surface area (TPSA) is 47.3 Å². The van der Waals surface area contributed by atoms with Crippen molar-refractivity contribution in [2.45, 2.75) is 31.9 Å². The Bertz CT molecular complexity index is 416. The number of nitrogens with two attached hydrogens (primary N) is 1. The fraction of sp³-hybridized carbons (Fsp3) is 0.538. The lowest BCUT2D eigenvalue weighted by atomic mass is 9.87. The van der Waals surface area contributed by atoms with Crippen LogP contribution in [-0.2, 0) is 4.74 Å². The zero-order chi connectivity index (χ0) is 13.1. The molecule has 1 aromatic carbocycles. The van der Waals surface area contributed by atoms with Crippen LogP contribution in [0.2, 0.25) is 5.02 Å². The highest BCUT2D eigenvalue weighted by atomic mass is 35.5. The molecule has 18 heavy (non-hydrogen) atoms. The summed E-state index contributed by atoms with van der Waals surface area (Å²) in [5.74, 6) is 5.55. The number of halogens is 2. The van der Waals surface area contributed by atoms with Crippen molar-refractivity contribution in [1.82, 2.24) is 5.43 Å². The number of hydrogen-bond acceptors (Lipinski definition) is 3. The highest BCUT2D eigenvalue weighted by Crippen LogP contribution is 2.37. The van der Waals surface area contributed by atoms with Gasteiger partial charge in [-0.25, -0.2) is 4.39 Å². The Hall–Kier alpha value is -0.680. The molecule has 0 amide bonds. The number of rotatable bonds is 4. The smallest absolute Gasteiger partial charge is 0.123 e. The van der Waals surface area contributed by atoms with Gasteiger partial charge in [-0.2, -0.15) is 0 Å². The molecule has 100 valence electrons. The number of hydrazine groups is 1. The first-order valence-corrected chi connectivity index (χ1v) is 6.57. The van der Waals surface area contributed by atoms with Crippen molar-refractivity contribution in [3.63, 3.8) is 0 Å². The van der Waals surface area contributed by atoms with Gasteiger partial charge in [-0.05, 0) is 36.6 Å². The molecule has 3 nitrogen and oxygen atoms in total. The minimum Gasteiger partial charge on any atom is -0.378 e. The molecular weight excluding hydrogens is 255 g/mol. The molecule has 1 saturated heterocycles. The van der Waals surface area contributed by atoms with E-state index in [1.165, 1.54) is 12.1 Å². The second-order valence-electron chi connectivity index (χ2n) is 4.58. The van der Waals surface area contributed by atoms with E-state index in [0.29, 0.717) is 17.2 Å². The number of hydrogen-bond donors (Lipinski definition) is 2. The Morgan fingerprint density at radius 2 is 2.39 bits per heavy atom. The molecule has 0 aromatic heterocycles. The Balaban J connectivity index is 2.30. The summed E-state index contributed by atoms with van der Waals surface area (Å²) in [4.78, 5) is 0. The van der Waals surface area contributed by atoms with Crippen molar-refractivity contribution in [2.24, 2.45) is 11.8 Å². The van der Waals surface area contributed by atoms with Crippen LogP contribution in [0.4, 0.5) is 4.39 Å². The Morgan fingerprint density at radius 1 is 1.61 bits per heavy atom. The molecule has 0 aliphatic carbocycles. The van der Waals surface area contributed by atoms with Gasteiger partial charge < -0.3 is 4.74 Å². The van der Waals surface area contributed by atoms with Gasteiger partial charge in [0.2, 0.25) is 0 Å². The largest absolute Gasteiger partial charge is 0.378 e. The van der Waals surface area contributed by atoms with E-state index in [1.807, 2.05) is 0 Å². The monoisotopic (exact) mass is 272 g/mol. The lowest BCUT2D eigenvalue weighted by molar-refractivity contribution is 0.0774. The lowest BCUT2D eigenvalue weighted by Crippen LogP contribution is -2.37. The minimum atomic E-state index is -0.304. The maximum absolute atomic E-state index is 13.4. The minimum absolute atomic E-state index is 0.144. The zero-order valence-electron chi connectivity index (χ0n) is 10.3. The summed E-state index contributed by atoms with van der Waals surface area (Å²) in [6.45, 7) is 2.79. The van der Waals surface area contributed by atoms with Gasteiger partial charge in [0.15, 0.2) is 0 Å². The summed E-state index contributed by atoms with van der Waals surface area (Å²) in [5.41, 5.74) is 3.46. The summed E-state index contributed by atoms with van der Waals surface area (Å²) >= 11 is 6.14. The van der Waals surface area contributed by atoms with E-state index >= 15 is 0 Å². The van der Waals surface area contributed by atoms with Crippen molar-refractivity contribution >= 4 is 11.6 Å². The number of nitrogens with one attached hydrogen (secondary N) is 1. The van der Waals surface area contributed by atoms with E-state index in [-0.39, 0.29) is 23.9 Å². The van der Waals surface area contributed by atoms with Crippen molar-refractivity contribution in [3.05, 3.63) is 34.6 Å². The maximum Gasteiger partial charge on any atom is 0.123 e. The average Bonchev–Trinajstić information content (AvgIpc) is 2.83. The van der Waals surface area contributed by atoms with Crippen LogP contribution in [0.5, 0.6) is 0 Å². The summed E-state index contributed by atoms with van der Waals surface area (Å²) < 4.78 is 19.0. The van der Waals surface area contributed by atoms with Gasteiger partial charge in [0, 0.05) is 17.5 Å². The maximum atomic E-state index is 13.4. The summed E-state index contributed by atoms with van der Waals surface area (Å²) in [6, 6.07) is 4.17. The standard InChI is InChI=1S/C13H18ClFN2O/c1-2-12-9(5-6-18-12)13(17-16)10-7-8(15)3-4-11(10)14/h3-4,7,9,12-13,17H,2,5-6,16H2,1H3. The second-order valence-corrected chi connectivity index (χ2v) is 4.99. The summed E-state index contributed by atoms with van der Waals surface area (Å²) in [7, 11) is 0. The van der Waals surface area contributed by atoms with Crippen molar-refractivity contribution in [3.8, 4) is 0 Å². The molecule has 0 radical (unpaired) electrons. The van der Waals surface area contributed by atoms with Crippen LogP contribution in [-0.4, -0.2) is 12.7 Å². The predicted octanol–water partition coefficient (Wildman–Crippen LogP) is 2.80. The van der Waals surface area contributed by atoms with Crippen molar-refractivity contribution < 1.29 is 9.13 Å². The highest BCUT2D eigenvalue weighted by molar-refractivity contribution is 6.31. The molecule has 5 heteroatoms. The second kappa shape index (κ2) is 5.97. The lowest BCUT2D eigenvalue weighted by Gasteiger charge is -2.27. The Kier molecular flexibility index (Phi) is 4.56. The molecule has 0 saturated carbocycles. The van der Waals surface area contributed by atoms with Gasteiger partial charge in [0.1, 0.15) is 5.82 Å². The van der Waals surface area contributed by atoms with Crippen LogP contribution in [0.15, 0.2) is 18.2 Å². The molecular formula is C13H18ClFN2O. The first-order chi connectivity index (χ1) is 8.67. The van der Waals surface area contributed by atoms with Crippen LogP contribution in [0.3, 0.4) is 0 Å². The Labute approximate surface area is 111 Å². The van der Waals surface area contributed by atoms with Crippen LogP contribution >= 0.6 is 11.6 Å². The average molecular weight is 273 g/mol. The van der Waals surface area contributed by atoms with E-state index in [2.05, 4.69) is 12.3 Å². The van der Waals surface area contributed by atoms with Crippen LogP contribution < -0.4 is 11.3 Å². The number of benzene rings is 1. The van der Waals surface area contributed by atoms with Gasteiger partial charge >= 0.3 is 0 Å². The fourth-order valence-electron chi connectivity index (χ4n) is 2.66. The van der Waals surface area contributed by atoms with Gasteiger partial charge in [0.25, 0.3) is 0 Å². The number of ether oxygens (including phenoxy) is 1. The third-order valence-corrected chi connectivity index (χ3v) is 3.91.